The normalized spacial score (nSPS) is 40.8. The zero-order chi connectivity index (χ0) is 8.55. The van der Waals surface area contributed by atoms with Crippen molar-refractivity contribution in [1.82, 2.24) is 0 Å². The van der Waals surface area contributed by atoms with Crippen LogP contribution in [-0.2, 0) is 0 Å². The van der Waals surface area contributed by atoms with Crippen LogP contribution < -0.4 is 0 Å². The highest BCUT2D eigenvalue weighted by atomic mass is 14.4. The molecular formula is C12H22. The van der Waals surface area contributed by atoms with Crippen LogP contribution in [0.3, 0.4) is 0 Å². The Morgan fingerprint density at radius 3 is 2.08 bits per heavy atom. The summed E-state index contributed by atoms with van der Waals surface area (Å²) in [4.78, 5) is 0. The molecule has 0 amide bonds. The maximum atomic E-state index is 2.37. The highest BCUT2D eigenvalue weighted by Gasteiger charge is 2.33. The van der Waals surface area contributed by atoms with E-state index in [0.717, 1.165) is 23.7 Å². The topological polar surface area (TPSA) is 0 Å². The Balaban J connectivity index is 1.85. The Morgan fingerprint density at radius 1 is 1.00 bits per heavy atom. The van der Waals surface area contributed by atoms with E-state index < -0.39 is 0 Å². The summed E-state index contributed by atoms with van der Waals surface area (Å²) in [6, 6.07) is 0. The molecule has 2 rings (SSSR count). The lowest BCUT2D eigenvalue weighted by atomic mass is 9.77. The molecule has 0 radical (unpaired) electrons. The van der Waals surface area contributed by atoms with E-state index in [9.17, 15) is 0 Å². The lowest BCUT2D eigenvalue weighted by Gasteiger charge is -2.28. The second kappa shape index (κ2) is 3.40. The summed E-state index contributed by atoms with van der Waals surface area (Å²) >= 11 is 0. The van der Waals surface area contributed by atoms with E-state index in [1.165, 1.54) is 6.42 Å². The largest absolute Gasteiger partial charge is 0.0628 e. The van der Waals surface area contributed by atoms with Gasteiger partial charge in [-0.25, -0.2) is 0 Å². The lowest BCUT2D eigenvalue weighted by molar-refractivity contribution is 0.230. The van der Waals surface area contributed by atoms with Crippen molar-refractivity contribution in [3.05, 3.63) is 0 Å². The molecule has 2 fully saturated rings. The highest BCUT2D eigenvalue weighted by molar-refractivity contribution is 4.85. The van der Waals surface area contributed by atoms with Gasteiger partial charge in [-0.3, -0.25) is 0 Å². The summed E-state index contributed by atoms with van der Waals surface area (Å²) in [5, 5.41) is 0. The minimum absolute atomic E-state index is 0.924. The first-order valence-electron chi connectivity index (χ1n) is 5.74. The van der Waals surface area contributed by atoms with Crippen molar-refractivity contribution >= 4 is 0 Å². The Bertz CT molecular complexity index is 136. The van der Waals surface area contributed by atoms with Crippen LogP contribution in [0.2, 0.25) is 0 Å². The first-order valence-corrected chi connectivity index (χ1v) is 5.74. The molecule has 0 aliphatic heterocycles. The van der Waals surface area contributed by atoms with Gasteiger partial charge in [0.2, 0.25) is 0 Å². The zero-order valence-electron chi connectivity index (χ0n) is 8.55. The van der Waals surface area contributed by atoms with Gasteiger partial charge in [0.1, 0.15) is 0 Å². The van der Waals surface area contributed by atoms with Crippen LogP contribution >= 0.6 is 0 Å². The highest BCUT2D eigenvalue weighted by Crippen LogP contribution is 2.46. The van der Waals surface area contributed by atoms with Gasteiger partial charge in [0.25, 0.3) is 0 Å². The number of hydrogen-bond acceptors (Lipinski definition) is 0. The molecule has 70 valence electrons. The first-order chi connectivity index (χ1) is 5.74. The van der Waals surface area contributed by atoms with Gasteiger partial charge in [-0.15, -0.1) is 0 Å². The fourth-order valence-corrected chi connectivity index (χ4v) is 3.50. The maximum absolute atomic E-state index is 2.37. The number of fused-ring (bicyclic) bond motifs is 2. The first kappa shape index (κ1) is 8.59. The predicted molar refractivity (Wildman–Crippen MR) is 53.0 cm³/mol. The number of hydrogen-bond donors (Lipinski definition) is 0. The van der Waals surface area contributed by atoms with E-state index in [1.54, 1.807) is 32.1 Å². The molecule has 2 bridgehead atoms. The Labute approximate surface area is 76.7 Å². The molecule has 0 aromatic carbocycles. The molecule has 3 atom stereocenters. The van der Waals surface area contributed by atoms with Gasteiger partial charge in [0.15, 0.2) is 0 Å². The SMILES string of the molecule is CC(C)CC1C[C@H]2CC[C@@H](C1)C2. The molecule has 2 aliphatic rings. The third-order valence-corrected chi connectivity index (χ3v) is 3.79. The molecular weight excluding hydrogens is 144 g/mol. The van der Waals surface area contributed by atoms with Crippen LogP contribution in [0.25, 0.3) is 0 Å². The van der Waals surface area contributed by atoms with Gasteiger partial charge < -0.3 is 0 Å². The monoisotopic (exact) mass is 166 g/mol. The van der Waals surface area contributed by atoms with Crippen LogP contribution in [0.4, 0.5) is 0 Å². The van der Waals surface area contributed by atoms with Crippen molar-refractivity contribution in [1.29, 1.82) is 0 Å². The summed E-state index contributed by atoms with van der Waals surface area (Å²) in [5.41, 5.74) is 0. The van der Waals surface area contributed by atoms with E-state index in [-0.39, 0.29) is 0 Å². The standard InChI is InChI=1S/C12H22/c1-9(2)5-12-7-10-3-4-11(6-10)8-12/h9-12H,3-8H2,1-2H3/t10-,11+,12?. The molecule has 0 aromatic rings. The Hall–Kier alpha value is 0. The smallest absolute Gasteiger partial charge is 0.0407 e. The summed E-state index contributed by atoms with van der Waals surface area (Å²) in [5.74, 6) is 4.28. The second-order valence-corrected chi connectivity index (χ2v) is 5.51. The minimum Gasteiger partial charge on any atom is -0.0628 e. The fourth-order valence-electron chi connectivity index (χ4n) is 3.50. The average Bonchev–Trinajstić information content (AvgIpc) is 2.29. The predicted octanol–water partition coefficient (Wildman–Crippen LogP) is 3.86. The van der Waals surface area contributed by atoms with Crippen molar-refractivity contribution in [2.75, 3.05) is 0 Å². The molecule has 0 heteroatoms. The van der Waals surface area contributed by atoms with Crippen molar-refractivity contribution in [2.45, 2.75) is 52.4 Å². The lowest BCUT2D eigenvalue weighted by Crippen LogP contribution is -2.17. The quantitative estimate of drug-likeness (QED) is 0.584. The van der Waals surface area contributed by atoms with Crippen molar-refractivity contribution in [3.63, 3.8) is 0 Å². The van der Waals surface area contributed by atoms with Crippen molar-refractivity contribution < 1.29 is 0 Å². The van der Waals surface area contributed by atoms with Crippen LogP contribution in [0.1, 0.15) is 52.4 Å². The summed E-state index contributed by atoms with van der Waals surface area (Å²) in [6.45, 7) is 4.74. The van der Waals surface area contributed by atoms with Gasteiger partial charge in [0, 0.05) is 0 Å². The molecule has 0 aromatic heterocycles. The molecule has 0 N–H and O–H groups in total. The van der Waals surface area contributed by atoms with Gasteiger partial charge in [0.05, 0.1) is 0 Å². The van der Waals surface area contributed by atoms with Gasteiger partial charge >= 0.3 is 0 Å². The molecule has 0 nitrogen and oxygen atoms in total. The second-order valence-electron chi connectivity index (χ2n) is 5.51. The Morgan fingerprint density at radius 2 is 1.58 bits per heavy atom. The number of rotatable bonds is 2. The zero-order valence-corrected chi connectivity index (χ0v) is 8.55. The van der Waals surface area contributed by atoms with E-state index in [4.69, 9.17) is 0 Å². The van der Waals surface area contributed by atoms with E-state index in [2.05, 4.69) is 13.8 Å². The van der Waals surface area contributed by atoms with E-state index >= 15 is 0 Å². The van der Waals surface area contributed by atoms with Crippen LogP contribution in [0.5, 0.6) is 0 Å². The molecule has 0 spiro atoms. The van der Waals surface area contributed by atoms with Gasteiger partial charge in [-0.05, 0) is 49.4 Å². The molecule has 0 heterocycles. The summed E-state index contributed by atoms with van der Waals surface area (Å²) < 4.78 is 0. The molecule has 12 heavy (non-hydrogen) atoms. The van der Waals surface area contributed by atoms with Gasteiger partial charge in [-0.1, -0.05) is 26.7 Å². The third-order valence-electron chi connectivity index (χ3n) is 3.79. The van der Waals surface area contributed by atoms with E-state index in [0.29, 0.717) is 0 Å². The average molecular weight is 166 g/mol. The molecule has 0 saturated heterocycles. The Kier molecular flexibility index (Phi) is 2.43. The van der Waals surface area contributed by atoms with Crippen LogP contribution in [-0.4, -0.2) is 0 Å². The van der Waals surface area contributed by atoms with Gasteiger partial charge in [-0.2, -0.15) is 0 Å². The molecule has 1 unspecified atom stereocenters. The third kappa shape index (κ3) is 1.84. The van der Waals surface area contributed by atoms with Crippen molar-refractivity contribution in [3.8, 4) is 0 Å². The van der Waals surface area contributed by atoms with Crippen molar-refractivity contribution in [2.24, 2.45) is 23.7 Å². The molecule has 2 saturated carbocycles. The minimum atomic E-state index is 0.924. The van der Waals surface area contributed by atoms with Crippen LogP contribution in [0.15, 0.2) is 0 Å². The summed E-state index contributed by atoms with van der Waals surface area (Å²) in [6.07, 6.45) is 9.31. The van der Waals surface area contributed by atoms with Crippen LogP contribution in [0, 0.1) is 23.7 Å². The maximum Gasteiger partial charge on any atom is -0.0407 e. The molecule has 2 aliphatic carbocycles. The summed E-state index contributed by atoms with van der Waals surface area (Å²) in [7, 11) is 0. The fraction of sp³-hybridized carbons (Fsp3) is 1.00. The van der Waals surface area contributed by atoms with E-state index in [1.807, 2.05) is 0 Å².